The number of phosphoric ester groups is 1. The number of unbranched alkanes of at least 4 members (excludes halogenated alkanes) is 26. The number of rotatable bonds is 43. The van der Waals surface area contributed by atoms with Gasteiger partial charge in [-0.15, -0.1) is 0 Å². The molecule has 2 heterocycles. The van der Waals surface area contributed by atoms with Crippen molar-refractivity contribution in [2.75, 3.05) is 38.8 Å². The van der Waals surface area contributed by atoms with Crippen molar-refractivity contribution in [3.8, 4) is 6.26 Å². The average molecular weight is 882 g/mol. The summed E-state index contributed by atoms with van der Waals surface area (Å²) in [4.78, 5) is 14.5. The van der Waals surface area contributed by atoms with E-state index in [1.54, 1.807) is 6.07 Å². The van der Waals surface area contributed by atoms with E-state index in [4.69, 9.17) is 29.0 Å². The number of hydrogen-bond acceptors (Lipinski definition) is 12. The Morgan fingerprint density at radius 2 is 1.15 bits per heavy atom. The first kappa shape index (κ1) is 54.8. The molecule has 15 heteroatoms. The van der Waals surface area contributed by atoms with Crippen molar-refractivity contribution < 1.29 is 42.9 Å². The van der Waals surface area contributed by atoms with Gasteiger partial charge in [-0.1, -0.05) is 181 Å². The molecule has 0 saturated heterocycles. The Hall–Kier alpha value is -2.34. The quantitative estimate of drug-likeness (QED) is 0.0278. The first-order valence-electron chi connectivity index (χ1n) is 24.0. The molecule has 0 aliphatic heterocycles. The maximum Gasteiger partial charge on any atom is 0.472 e. The maximum absolute atomic E-state index is 13.0. The Morgan fingerprint density at radius 1 is 0.689 bits per heavy atom. The van der Waals surface area contributed by atoms with Crippen LogP contribution < -0.4 is 5.73 Å². The summed E-state index contributed by atoms with van der Waals surface area (Å²) in [7, 11) is -4.71. The van der Waals surface area contributed by atoms with Crippen LogP contribution in [0.1, 0.15) is 205 Å². The van der Waals surface area contributed by atoms with Gasteiger partial charge in [-0.2, -0.15) is 10.4 Å². The summed E-state index contributed by atoms with van der Waals surface area (Å²) in [6.45, 7) is 4.74. The molecule has 0 amide bonds. The second kappa shape index (κ2) is 36.0. The van der Waals surface area contributed by atoms with E-state index in [0.717, 1.165) is 32.1 Å². The van der Waals surface area contributed by atoms with Crippen LogP contribution in [0.3, 0.4) is 0 Å². The van der Waals surface area contributed by atoms with Crippen molar-refractivity contribution in [1.82, 2.24) is 14.6 Å². The summed E-state index contributed by atoms with van der Waals surface area (Å²) in [6.07, 6.45) is 32.7. The average Bonchev–Trinajstić information content (AvgIpc) is 3.70. The zero-order valence-corrected chi connectivity index (χ0v) is 38.9. The zero-order chi connectivity index (χ0) is 44.2. The van der Waals surface area contributed by atoms with E-state index in [1.807, 2.05) is 0 Å². The van der Waals surface area contributed by atoms with E-state index >= 15 is 0 Å². The monoisotopic (exact) mass is 882 g/mol. The van der Waals surface area contributed by atoms with Gasteiger partial charge in [0.2, 0.25) is 0 Å². The first-order chi connectivity index (χ1) is 29.7. The lowest BCUT2D eigenvalue weighted by atomic mass is 10.0. The minimum atomic E-state index is -4.71. The van der Waals surface area contributed by atoms with E-state index < -0.39 is 38.8 Å². The number of ether oxygens (including phenoxy) is 3. The van der Waals surface area contributed by atoms with Crippen LogP contribution in [0.2, 0.25) is 0 Å². The molecule has 0 aromatic carbocycles. The highest BCUT2D eigenvalue weighted by Crippen LogP contribution is 2.44. The molecular formula is C46H84N5O9P. The van der Waals surface area contributed by atoms with E-state index in [2.05, 4.69) is 23.9 Å². The molecule has 0 fully saturated rings. The summed E-state index contributed by atoms with van der Waals surface area (Å²) in [5.74, 6) is 0.163. The van der Waals surface area contributed by atoms with Gasteiger partial charge >= 0.3 is 7.82 Å². The molecule has 5 N–H and O–H groups in total. The largest absolute Gasteiger partial charge is 0.472 e. The smallest absolute Gasteiger partial charge is 0.419 e. The fourth-order valence-electron chi connectivity index (χ4n) is 7.53. The van der Waals surface area contributed by atoms with Crippen molar-refractivity contribution in [2.24, 2.45) is 0 Å². The van der Waals surface area contributed by atoms with Crippen LogP contribution >= 0.6 is 7.82 Å². The normalized spacial score (nSPS) is 14.8. The van der Waals surface area contributed by atoms with E-state index in [1.165, 1.54) is 171 Å². The Morgan fingerprint density at radius 3 is 1.64 bits per heavy atom. The summed E-state index contributed by atoms with van der Waals surface area (Å²) >= 11 is 0. The molecule has 0 spiro atoms. The fourth-order valence-corrected chi connectivity index (χ4v) is 8.30. The molecule has 2 aromatic rings. The number of aliphatic hydroxyl groups is 2. The van der Waals surface area contributed by atoms with E-state index in [-0.39, 0.29) is 24.7 Å². The summed E-state index contributed by atoms with van der Waals surface area (Å²) in [6, 6.07) is 3.05. The van der Waals surface area contributed by atoms with Gasteiger partial charge in [-0.3, -0.25) is 9.05 Å². The number of fused-ring (bicyclic) bond motifs is 1. The third kappa shape index (κ3) is 26.1. The third-order valence-corrected chi connectivity index (χ3v) is 12.3. The topological polar surface area (TPSA) is 204 Å². The van der Waals surface area contributed by atoms with Gasteiger partial charge in [0, 0.05) is 13.2 Å². The highest BCUT2D eigenvalue weighted by Gasteiger charge is 2.35. The molecule has 0 radical (unpaired) electrons. The second-order valence-electron chi connectivity index (χ2n) is 16.7. The van der Waals surface area contributed by atoms with Crippen molar-refractivity contribution >= 4 is 19.2 Å². The molecule has 1 unspecified atom stereocenters. The van der Waals surface area contributed by atoms with E-state index in [9.17, 15) is 24.9 Å². The number of nitrogens with two attached hydrogens (primary N) is 1. The predicted octanol–water partition coefficient (Wildman–Crippen LogP) is 11.1. The molecule has 0 aliphatic carbocycles. The summed E-state index contributed by atoms with van der Waals surface area (Å²) in [5.41, 5.74) is 6.41. The number of phosphoric acid groups is 1. The van der Waals surface area contributed by atoms with Gasteiger partial charge < -0.3 is 35.1 Å². The molecule has 2 rings (SSSR count). The van der Waals surface area contributed by atoms with Gasteiger partial charge in [0.25, 0.3) is 6.26 Å². The number of nitrogen functional groups attached to an aromatic ring is 1. The highest BCUT2D eigenvalue weighted by molar-refractivity contribution is 7.47. The van der Waals surface area contributed by atoms with Crippen molar-refractivity contribution in [2.45, 2.75) is 218 Å². The van der Waals surface area contributed by atoms with Crippen molar-refractivity contribution in [3.05, 3.63) is 24.2 Å². The fraction of sp³-hybridized carbons (Fsp3) is 0.848. The second-order valence-corrected chi connectivity index (χ2v) is 18.2. The lowest BCUT2D eigenvalue weighted by molar-refractivity contribution is -0.0816. The standard InChI is InChI=1S/C46H84N5O9P/c1-3-5-7-9-11-13-15-17-19-21-23-25-27-29-33-56-35-40(57-34-30-28-26-24-22-20-18-16-14-12-10-8-6-4-2)36-59-61(54,55)60-37-43(58-38-47)45(53)44(52)41-31-32-42-46(48)49-39-50-51(41)42/h31-32,39-40,43-45,52-53H,3-30,33-37H2,1-2H3,(H,54,55)(H2,48,49,50)/t40-,43-,44+,45-/m1/s1. The predicted molar refractivity (Wildman–Crippen MR) is 242 cm³/mol. The van der Waals surface area contributed by atoms with Crippen LogP contribution in [-0.4, -0.2) is 81.1 Å². The summed E-state index contributed by atoms with van der Waals surface area (Å²) in [5, 5.41) is 35.1. The minimum Gasteiger partial charge on any atom is -0.419 e. The van der Waals surface area contributed by atoms with Crippen LogP contribution in [0.4, 0.5) is 5.82 Å². The van der Waals surface area contributed by atoms with Crippen LogP contribution in [-0.2, 0) is 27.8 Å². The van der Waals surface area contributed by atoms with Crippen LogP contribution in [0, 0.1) is 11.5 Å². The third-order valence-electron chi connectivity index (χ3n) is 11.3. The van der Waals surface area contributed by atoms with Crippen molar-refractivity contribution in [1.29, 1.82) is 5.26 Å². The Bertz CT molecular complexity index is 1430. The van der Waals surface area contributed by atoms with Gasteiger partial charge in [-0.25, -0.2) is 14.1 Å². The van der Waals surface area contributed by atoms with E-state index in [0.29, 0.717) is 18.7 Å². The number of aliphatic hydroxyl groups excluding tert-OH is 2. The molecule has 0 bridgehead atoms. The first-order valence-corrected chi connectivity index (χ1v) is 25.5. The number of aromatic nitrogens is 3. The lowest BCUT2D eigenvalue weighted by Crippen LogP contribution is -2.37. The molecule has 2 aromatic heterocycles. The molecule has 352 valence electrons. The minimum absolute atomic E-state index is 0.138. The maximum atomic E-state index is 13.0. The number of hydrogen-bond donors (Lipinski definition) is 4. The number of anilines is 1. The summed E-state index contributed by atoms with van der Waals surface area (Å²) < 4.78 is 41.7. The van der Waals surface area contributed by atoms with Crippen molar-refractivity contribution in [3.63, 3.8) is 0 Å². The molecule has 5 atom stereocenters. The number of nitriles is 1. The molecule has 14 nitrogen and oxygen atoms in total. The Balaban J connectivity index is 1.75. The lowest BCUT2D eigenvalue weighted by Gasteiger charge is -2.25. The number of nitrogens with zero attached hydrogens (tertiary/aromatic N) is 4. The van der Waals surface area contributed by atoms with Gasteiger partial charge in [-0.05, 0) is 25.0 Å². The van der Waals surface area contributed by atoms with Gasteiger partial charge in [0.15, 0.2) is 11.9 Å². The van der Waals surface area contributed by atoms with Gasteiger partial charge in [0.05, 0.1) is 25.5 Å². The van der Waals surface area contributed by atoms with Gasteiger partial charge in [0.1, 0.15) is 30.2 Å². The SMILES string of the molecule is CCCCCCCCCCCCCCCCOC[C@H](COP(=O)(O)OC[C@@H](OC#N)[C@@H](O)[C@@H](O)c1ccc2c(N)ncnn12)OCCCCCCCCCCCCCCCC. The molecule has 61 heavy (non-hydrogen) atoms. The van der Waals surface area contributed by atoms with Crippen LogP contribution in [0.15, 0.2) is 18.5 Å². The highest BCUT2D eigenvalue weighted by atomic mass is 31.2. The Kier molecular flexibility index (Phi) is 32.4. The molecule has 0 saturated carbocycles. The molecule has 0 aliphatic rings. The van der Waals surface area contributed by atoms with Crippen LogP contribution in [0.5, 0.6) is 0 Å². The zero-order valence-electron chi connectivity index (χ0n) is 38.0. The molecular weight excluding hydrogens is 798 g/mol. The Labute approximate surface area is 368 Å². The van der Waals surface area contributed by atoms with Crippen LogP contribution in [0.25, 0.3) is 5.52 Å².